The third-order valence-corrected chi connectivity index (χ3v) is 1.68. The highest BCUT2D eigenvalue weighted by atomic mass is 19.1. The van der Waals surface area contributed by atoms with Crippen molar-refractivity contribution in [3.05, 3.63) is 41.2 Å². The number of Topliss-reactive ketones (excluding diaryl/α,β-unsaturated/α-hetero) is 1. The zero-order valence-electron chi connectivity index (χ0n) is 7.62. The summed E-state index contributed by atoms with van der Waals surface area (Å²) >= 11 is 0. The molecule has 0 heterocycles. The SMILES string of the molecule is CC(=O)/C(C#N)=C/c1ccc(F)cc1. The normalized spacial score (nSPS) is 10.8. The highest BCUT2D eigenvalue weighted by molar-refractivity contribution is 6.01. The summed E-state index contributed by atoms with van der Waals surface area (Å²) in [5.41, 5.74) is 0.703. The lowest BCUT2D eigenvalue weighted by Crippen LogP contribution is -1.92. The standard InChI is InChI=1S/C11H8FNO/c1-8(14)10(7-13)6-9-2-4-11(12)5-3-9/h2-6H,1H3/b10-6+. The van der Waals surface area contributed by atoms with Crippen molar-refractivity contribution in [1.29, 1.82) is 5.26 Å². The van der Waals surface area contributed by atoms with Gasteiger partial charge < -0.3 is 0 Å². The molecule has 0 aliphatic carbocycles. The maximum atomic E-state index is 12.5. The molecule has 0 amide bonds. The molecule has 1 rings (SSSR count). The van der Waals surface area contributed by atoms with Gasteiger partial charge in [-0.3, -0.25) is 4.79 Å². The Balaban J connectivity index is 3.03. The van der Waals surface area contributed by atoms with Crippen molar-refractivity contribution in [2.24, 2.45) is 0 Å². The van der Waals surface area contributed by atoms with Crippen LogP contribution in [0.25, 0.3) is 6.08 Å². The van der Waals surface area contributed by atoms with Gasteiger partial charge >= 0.3 is 0 Å². The molecular formula is C11H8FNO. The fraction of sp³-hybridized carbons (Fsp3) is 0.0909. The fourth-order valence-corrected chi connectivity index (χ4v) is 0.938. The fourth-order valence-electron chi connectivity index (χ4n) is 0.938. The number of carbonyl (C=O) groups excluding carboxylic acids is 1. The highest BCUT2D eigenvalue weighted by Crippen LogP contribution is 2.08. The van der Waals surface area contributed by atoms with Crippen LogP contribution in [0, 0.1) is 17.1 Å². The molecule has 0 atom stereocenters. The van der Waals surface area contributed by atoms with E-state index in [0.717, 1.165) is 0 Å². The number of halogens is 1. The second kappa shape index (κ2) is 4.33. The minimum atomic E-state index is -0.344. The molecule has 0 aliphatic heterocycles. The van der Waals surface area contributed by atoms with Crippen LogP contribution in [0.2, 0.25) is 0 Å². The minimum absolute atomic E-state index is 0.0663. The van der Waals surface area contributed by atoms with Gasteiger partial charge in [0.2, 0.25) is 0 Å². The monoisotopic (exact) mass is 189 g/mol. The van der Waals surface area contributed by atoms with E-state index in [1.165, 1.54) is 37.3 Å². The van der Waals surface area contributed by atoms with E-state index in [4.69, 9.17) is 5.26 Å². The number of hydrogen-bond acceptors (Lipinski definition) is 2. The summed E-state index contributed by atoms with van der Waals surface area (Å²) < 4.78 is 12.5. The largest absolute Gasteiger partial charge is 0.294 e. The Labute approximate surface area is 81.3 Å². The van der Waals surface area contributed by atoms with E-state index in [-0.39, 0.29) is 17.2 Å². The van der Waals surface area contributed by atoms with Crippen molar-refractivity contribution in [3.63, 3.8) is 0 Å². The first kappa shape index (κ1) is 10.1. The molecule has 1 aromatic rings. The van der Waals surface area contributed by atoms with Gasteiger partial charge in [0.1, 0.15) is 11.9 Å². The Morgan fingerprint density at radius 2 is 2.00 bits per heavy atom. The van der Waals surface area contributed by atoms with Gasteiger partial charge in [-0.05, 0) is 30.7 Å². The lowest BCUT2D eigenvalue weighted by Gasteiger charge is -1.94. The van der Waals surface area contributed by atoms with Crippen molar-refractivity contribution in [1.82, 2.24) is 0 Å². The van der Waals surface area contributed by atoms with Crippen molar-refractivity contribution < 1.29 is 9.18 Å². The number of nitriles is 1. The summed E-state index contributed by atoms with van der Waals surface area (Å²) in [5.74, 6) is -0.639. The molecular weight excluding hydrogens is 181 g/mol. The third kappa shape index (κ3) is 2.53. The number of hydrogen-bond donors (Lipinski definition) is 0. The van der Waals surface area contributed by atoms with Crippen LogP contribution in [-0.4, -0.2) is 5.78 Å². The van der Waals surface area contributed by atoms with Crippen LogP contribution in [0.5, 0.6) is 0 Å². The highest BCUT2D eigenvalue weighted by Gasteiger charge is 2.01. The molecule has 14 heavy (non-hydrogen) atoms. The molecule has 0 saturated carbocycles. The van der Waals surface area contributed by atoms with Crippen LogP contribution in [0.4, 0.5) is 4.39 Å². The molecule has 0 saturated heterocycles. The summed E-state index contributed by atoms with van der Waals surface area (Å²) in [6, 6.07) is 7.36. The van der Waals surface area contributed by atoms with Gasteiger partial charge in [0.05, 0.1) is 5.57 Å². The zero-order chi connectivity index (χ0) is 10.6. The van der Waals surface area contributed by atoms with Crippen molar-refractivity contribution in [3.8, 4) is 6.07 Å². The van der Waals surface area contributed by atoms with Gasteiger partial charge in [-0.2, -0.15) is 5.26 Å². The lowest BCUT2D eigenvalue weighted by molar-refractivity contribution is -0.113. The summed E-state index contributed by atoms with van der Waals surface area (Å²) in [6.07, 6.45) is 1.43. The predicted octanol–water partition coefficient (Wildman–Crippen LogP) is 2.32. The van der Waals surface area contributed by atoms with Gasteiger partial charge in [0, 0.05) is 0 Å². The topological polar surface area (TPSA) is 40.9 Å². The molecule has 0 aliphatic rings. The molecule has 0 fully saturated rings. The van der Waals surface area contributed by atoms with Crippen molar-refractivity contribution >= 4 is 11.9 Å². The van der Waals surface area contributed by atoms with Gasteiger partial charge in [-0.25, -0.2) is 4.39 Å². The summed E-state index contributed by atoms with van der Waals surface area (Å²) in [6.45, 7) is 1.32. The van der Waals surface area contributed by atoms with E-state index in [9.17, 15) is 9.18 Å². The number of carbonyl (C=O) groups is 1. The Kier molecular flexibility index (Phi) is 3.14. The number of ketones is 1. The van der Waals surface area contributed by atoms with Gasteiger partial charge in [-0.15, -0.1) is 0 Å². The molecule has 1 aromatic carbocycles. The molecule has 70 valence electrons. The molecule has 0 radical (unpaired) electrons. The lowest BCUT2D eigenvalue weighted by atomic mass is 10.1. The first-order valence-electron chi connectivity index (χ1n) is 4.02. The van der Waals surface area contributed by atoms with E-state index in [1.807, 2.05) is 0 Å². The Hall–Kier alpha value is -1.95. The Bertz CT molecular complexity index is 412. The third-order valence-electron chi connectivity index (χ3n) is 1.68. The molecule has 3 heteroatoms. The van der Waals surface area contributed by atoms with Crippen LogP contribution in [0.15, 0.2) is 29.8 Å². The van der Waals surface area contributed by atoms with Gasteiger partial charge in [-0.1, -0.05) is 12.1 Å². The van der Waals surface area contributed by atoms with Crippen molar-refractivity contribution in [2.75, 3.05) is 0 Å². The minimum Gasteiger partial charge on any atom is -0.294 e. The van der Waals surface area contributed by atoms with E-state index in [1.54, 1.807) is 6.07 Å². The van der Waals surface area contributed by atoms with Crippen LogP contribution in [0.1, 0.15) is 12.5 Å². The number of rotatable bonds is 2. The first-order chi connectivity index (χ1) is 6.63. The second-order valence-corrected chi connectivity index (χ2v) is 2.78. The first-order valence-corrected chi connectivity index (χ1v) is 4.02. The summed E-state index contributed by atoms with van der Waals surface area (Å²) in [4.78, 5) is 10.9. The summed E-state index contributed by atoms with van der Waals surface area (Å²) in [7, 11) is 0. The average molecular weight is 189 g/mol. The summed E-state index contributed by atoms with van der Waals surface area (Å²) in [5, 5.41) is 8.60. The Morgan fingerprint density at radius 3 is 2.43 bits per heavy atom. The van der Waals surface area contributed by atoms with Crippen LogP contribution in [-0.2, 0) is 4.79 Å². The van der Waals surface area contributed by atoms with Gasteiger partial charge in [0.15, 0.2) is 5.78 Å². The number of nitrogens with zero attached hydrogens (tertiary/aromatic N) is 1. The van der Waals surface area contributed by atoms with E-state index >= 15 is 0 Å². The van der Waals surface area contributed by atoms with Crippen LogP contribution >= 0.6 is 0 Å². The molecule has 2 nitrogen and oxygen atoms in total. The number of allylic oxidation sites excluding steroid dienone is 1. The van der Waals surface area contributed by atoms with E-state index in [2.05, 4.69) is 0 Å². The van der Waals surface area contributed by atoms with Crippen molar-refractivity contribution in [2.45, 2.75) is 6.92 Å². The van der Waals surface area contributed by atoms with Gasteiger partial charge in [0.25, 0.3) is 0 Å². The van der Waals surface area contributed by atoms with Crippen LogP contribution in [0.3, 0.4) is 0 Å². The quantitative estimate of drug-likeness (QED) is 0.529. The second-order valence-electron chi connectivity index (χ2n) is 2.78. The van der Waals surface area contributed by atoms with E-state index in [0.29, 0.717) is 5.56 Å². The molecule has 0 N–H and O–H groups in total. The molecule has 0 unspecified atom stereocenters. The molecule has 0 aromatic heterocycles. The average Bonchev–Trinajstić information content (AvgIpc) is 2.16. The maximum absolute atomic E-state index is 12.5. The maximum Gasteiger partial charge on any atom is 0.170 e. The zero-order valence-corrected chi connectivity index (χ0v) is 7.62. The Morgan fingerprint density at radius 1 is 1.43 bits per heavy atom. The smallest absolute Gasteiger partial charge is 0.170 e. The number of benzene rings is 1. The molecule has 0 spiro atoms. The van der Waals surface area contributed by atoms with Crippen LogP contribution < -0.4 is 0 Å². The van der Waals surface area contributed by atoms with E-state index < -0.39 is 0 Å². The molecule has 0 bridgehead atoms. The predicted molar refractivity (Wildman–Crippen MR) is 50.7 cm³/mol.